The molecule has 1 aromatic carbocycles. The first-order valence-corrected chi connectivity index (χ1v) is 8.26. The van der Waals surface area contributed by atoms with Crippen LogP contribution < -0.4 is 10.6 Å². The highest BCUT2D eigenvalue weighted by molar-refractivity contribution is 14.0. The molecule has 130 valence electrons. The molecular weight excluding hydrogens is 441 g/mol. The Labute approximate surface area is 163 Å². The molecule has 0 unspecified atom stereocenters. The number of aliphatic imine (C=N–C) groups is 1. The van der Waals surface area contributed by atoms with E-state index in [9.17, 15) is 0 Å². The monoisotopic (exact) mass is 461 g/mol. The van der Waals surface area contributed by atoms with Crippen molar-refractivity contribution in [2.75, 3.05) is 13.1 Å². The van der Waals surface area contributed by atoms with Crippen molar-refractivity contribution in [2.24, 2.45) is 4.99 Å². The Balaban J connectivity index is 0.00000208. The van der Waals surface area contributed by atoms with Crippen LogP contribution in [0, 0.1) is 0 Å². The van der Waals surface area contributed by atoms with Gasteiger partial charge in [-0.2, -0.15) is 4.98 Å². The second-order valence-electron chi connectivity index (χ2n) is 5.45. The number of hydrogen-bond acceptors (Lipinski definition) is 4. The van der Waals surface area contributed by atoms with Gasteiger partial charge in [0.25, 0.3) is 0 Å². The maximum atomic E-state index is 5.98. The fourth-order valence-electron chi connectivity index (χ4n) is 2.11. The average molecular weight is 462 g/mol. The maximum absolute atomic E-state index is 5.98. The lowest BCUT2D eigenvalue weighted by molar-refractivity contribution is 0.380. The van der Waals surface area contributed by atoms with Crippen LogP contribution in [0.3, 0.4) is 0 Å². The van der Waals surface area contributed by atoms with Crippen LogP contribution in [-0.4, -0.2) is 35.2 Å². The van der Waals surface area contributed by atoms with E-state index >= 15 is 0 Å². The van der Waals surface area contributed by atoms with Gasteiger partial charge in [0.15, 0.2) is 5.96 Å². The standard InChI is InChI=1S/C16H20ClN5O.HI/c1-2-18-16(20-13-6-7-13)19-9-8-14-21-15(22-23-14)11-4-3-5-12(17)10-11;/h3-5,10,13H,2,6-9H2,1H3,(H2,18,19,20);1H. The van der Waals surface area contributed by atoms with Crippen molar-refractivity contribution in [3.8, 4) is 11.4 Å². The molecule has 0 bridgehead atoms. The number of guanidine groups is 1. The van der Waals surface area contributed by atoms with E-state index < -0.39 is 0 Å². The van der Waals surface area contributed by atoms with Gasteiger partial charge in [-0.1, -0.05) is 28.9 Å². The quantitative estimate of drug-likeness (QED) is 0.392. The second kappa shape index (κ2) is 9.22. The lowest BCUT2D eigenvalue weighted by atomic mass is 10.2. The highest BCUT2D eigenvalue weighted by Gasteiger charge is 2.22. The minimum absolute atomic E-state index is 0. The molecule has 1 fully saturated rings. The van der Waals surface area contributed by atoms with Crippen molar-refractivity contribution in [3.63, 3.8) is 0 Å². The summed E-state index contributed by atoms with van der Waals surface area (Å²) in [6.45, 7) is 3.50. The smallest absolute Gasteiger partial charge is 0.228 e. The van der Waals surface area contributed by atoms with Gasteiger partial charge in [-0.25, -0.2) is 0 Å². The van der Waals surface area contributed by atoms with Gasteiger partial charge in [-0.05, 0) is 31.9 Å². The Bertz CT molecular complexity index is 687. The molecule has 1 aliphatic carbocycles. The third kappa shape index (κ3) is 5.62. The van der Waals surface area contributed by atoms with Crippen molar-refractivity contribution in [1.82, 2.24) is 20.8 Å². The Kier molecular flexibility index (Phi) is 7.29. The number of hydrogen-bond donors (Lipinski definition) is 2. The molecule has 0 atom stereocenters. The van der Waals surface area contributed by atoms with Crippen LogP contribution in [-0.2, 0) is 6.42 Å². The van der Waals surface area contributed by atoms with Gasteiger partial charge in [-0.3, -0.25) is 4.99 Å². The molecule has 2 aromatic rings. The molecule has 0 amide bonds. The van der Waals surface area contributed by atoms with E-state index in [0.29, 0.717) is 35.7 Å². The summed E-state index contributed by atoms with van der Waals surface area (Å²) in [5, 5.41) is 11.3. The Hall–Kier alpha value is -1.35. The summed E-state index contributed by atoms with van der Waals surface area (Å²) in [7, 11) is 0. The number of nitrogens with zero attached hydrogens (tertiary/aromatic N) is 3. The molecule has 1 aromatic heterocycles. The Morgan fingerprint density at radius 1 is 1.42 bits per heavy atom. The lowest BCUT2D eigenvalue weighted by Gasteiger charge is -2.09. The highest BCUT2D eigenvalue weighted by Crippen LogP contribution is 2.20. The minimum atomic E-state index is 0. The third-order valence-electron chi connectivity index (χ3n) is 3.41. The van der Waals surface area contributed by atoms with Gasteiger partial charge >= 0.3 is 0 Å². The first-order chi connectivity index (χ1) is 11.2. The summed E-state index contributed by atoms with van der Waals surface area (Å²) in [6.07, 6.45) is 3.04. The van der Waals surface area contributed by atoms with Crippen LogP contribution in [0.5, 0.6) is 0 Å². The molecule has 3 rings (SSSR count). The molecule has 0 aliphatic heterocycles. The molecular formula is C16H21ClIN5O. The topological polar surface area (TPSA) is 75.3 Å². The summed E-state index contributed by atoms with van der Waals surface area (Å²) < 4.78 is 5.28. The number of benzene rings is 1. The number of aromatic nitrogens is 2. The zero-order valence-corrected chi connectivity index (χ0v) is 16.5. The van der Waals surface area contributed by atoms with Gasteiger partial charge in [0.2, 0.25) is 11.7 Å². The van der Waals surface area contributed by atoms with E-state index in [4.69, 9.17) is 16.1 Å². The van der Waals surface area contributed by atoms with Crippen molar-refractivity contribution in [1.29, 1.82) is 0 Å². The maximum Gasteiger partial charge on any atom is 0.228 e. The van der Waals surface area contributed by atoms with Crippen molar-refractivity contribution in [3.05, 3.63) is 35.2 Å². The number of halogens is 2. The molecule has 2 N–H and O–H groups in total. The molecule has 0 radical (unpaired) electrons. The molecule has 1 saturated carbocycles. The molecule has 24 heavy (non-hydrogen) atoms. The SMILES string of the molecule is CCNC(=NCCc1nc(-c2cccc(Cl)c2)no1)NC1CC1.I. The van der Waals surface area contributed by atoms with E-state index in [1.54, 1.807) is 0 Å². The minimum Gasteiger partial charge on any atom is -0.357 e. The van der Waals surface area contributed by atoms with Crippen LogP contribution in [0.1, 0.15) is 25.7 Å². The first kappa shape index (κ1) is 19.0. The summed E-state index contributed by atoms with van der Waals surface area (Å²) >= 11 is 5.98. The molecule has 6 nitrogen and oxygen atoms in total. The fourth-order valence-corrected chi connectivity index (χ4v) is 2.30. The third-order valence-corrected chi connectivity index (χ3v) is 3.64. The highest BCUT2D eigenvalue weighted by atomic mass is 127. The van der Waals surface area contributed by atoms with E-state index in [2.05, 4.69) is 32.7 Å². The van der Waals surface area contributed by atoms with Crippen molar-refractivity contribution >= 4 is 41.5 Å². The average Bonchev–Trinajstić information content (AvgIpc) is 3.22. The van der Waals surface area contributed by atoms with Crippen LogP contribution in [0.4, 0.5) is 0 Å². The predicted molar refractivity (Wildman–Crippen MR) is 106 cm³/mol. The van der Waals surface area contributed by atoms with E-state index in [1.807, 2.05) is 24.3 Å². The summed E-state index contributed by atoms with van der Waals surface area (Å²) in [6, 6.07) is 7.98. The lowest BCUT2D eigenvalue weighted by Crippen LogP contribution is -2.38. The van der Waals surface area contributed by atoms with Crippen molar-refractivity contribution in [2.45, 2.75) is 32.2 Å². The molecule has 0 saturated heterocycles. The van der Waals surface area contributed by atoms with Crippen LogP contribution in [0.25, 0.3) is 11.4 Å². The predicted octanol–water partition coefficient (Wildman–Crippen LogP) is 3.27. The van der Waals surface area contributed by atoms with E-state index in [-0.39, 0.29) is 24.0 Å². The molecule has 8 heteroatoms. The number of nitrogens with one attached hydrogen (secondary N) is 2. The molecule has 0 spiro atoms. The van der Waals surface area contributed by atoms with Gasteiger partial charge in [0, 0.05) is 29.6 Å². The zero-order valence-electron chi connectivity index (χ0n) is 13.5. The summed E-state index contributed by atoms with van der Waals surface area (Å²) in [5.41, 5.74) is 0.847. The second-order valence-corrected chi connectivity index (χ2v) is 5.89. The largest absolute Gasteiger partial charge is 0.357 e. The van der Waals surface area contributed by atoms with Crippen LogP contribution in [0.15, 0.2) is 33.8 Å². The summed E-state index contributed by atoms with van der Waals surface area (Å²) in [4.78, 5) is 8.92. The van der Waals surface area contributed by atoms with Gasteiger partial charge < -0.3 is 15.2 Å². The van der Waals surface area contributed by atoms with E-state index in [1.165, 1.54) is 12.8 Å². The number of rotatable bonds is 6. The Morgan fingerprint density at radius 3 is 2.96 bits per heavy atom. The van der Waals surface area contributed by atoms with E-state index in [0.717, 1.165) is 18.1 Å². The fraction of sp³-hybridized carbons (Fsp3) is 0.438. The molecule has 1 heterocycles. The summed E-state index contributed by atoms with van der Waals surface area (Å²) in [5.74, 6) is 1.98. The van der Waals surface area contributed by atoms with Gasteiger partial charge in [-0.15, -0.1) is 24.0 Å². The Morgan fingerprint density at radius 2 is 2.25 bits per heavy atom. The van der Waals surface area contributed by atoms with Crippen LogP contribution >= 0.6 is 35.6 Å². The van der Waals surface area contributed by atoms with Gasteiger partial charge in [0.1, 0.15) is 0 Å². The van der Waals surface area contributed by atoms with Gasteiger partial charge in [0.05, 0.1) is 6.54 Å². The first-order valence-electron chi connectivity index (χ1n) is 7.88. The molecule has 1 aliphatic rings. The van der Waals surface area contributed by atoms with Crippen LogP contribution in [0.2, 0.25) is 5.02 Å². The van der Waals surface area contributed by atoms with Crippen molar-refractivity contribution < 1.29 is 4.52 Å². The normalized spacial score (nSPS) is 14.2. The zero-order chi connectivity index (χ0) is 16.1.